The molecule has 0 atom stereocenters. The van der Waals surface area contributed by atoms with Gasteiger partial charge in [-0.1, -0.05) is 0 Å². The second kappa shape index (κ2) is 5.30. The number of benzene rings is 1. The predicted octanol–water partition coefficient (Wildman–Crippen LogP) is 2.01. The normalized spacial score (nSPS) is 16.2. The molecule has 1 fully saturated rings. The number of halogens is 3. The Morgan fingerprint density at radius 1 is 1.12 bits per heavy atom. The monoisotopic (exact) mass is 336 g/mol. The summed E-state index contributed by atoms with van der Waals surface area (Å²) in [5.41, 5.74) is 0.538. The van der Waals surface area contributed by atoms with Gasteiger partial charge in [0, 0.05) is 26.2 Å². The van der Waals surface area contributed by atoms with Gasteiger partial charge in [0.05, 0.1) is 16.6 Å². The minimum absolute atomic E-state index is 0.305. The highest BCUT2D eigenvalue weighted by Crippen LogP contribution is 2.32. The van der Waals surface area contributed by atoms with Gasteiger partial charge in [0.25, 0.3) is 0 Å². The predicted molar refractivity (Wildman–Crippen MR) is 83.1 cm³/mol. The summed E-state index contributed by atoms with van der Waals surface area (Å²) in [5, 5.41) is 7.54. The molecule has 4 rings (SSSR count). The molecule has 2 aromatic heterocycles. The van der Waals surface area contributed by atoms with Crippen molar-refractivity contribution in [2.45, 2.75) is 13.1 Å². The number of aryl methyl sites for hydroxylation is 1. The highest BCUT2D eigenvalue weighted by Gasteiger charge is 2.31. The van der Waals surface area contributed by atoms with E-state index in [-0.39, 0.29) is 0 Å². The Bertz CT molecular complexity index is 911. The van der Waals surface area contributed by atoms with Crippen LogP contribution >= 0.6 is 0 Å². The summed E-state index contributed by atoms with van der Waals surface area (Å²) in [6, 6.07) is 3.51. The Kier molecular flexibility index (Phi) is 3.34. The van der Waals surface area contributed by atoms with Crippen molar-refractivity contribution in [2.75, 3.05) is 31.1 Å². The third-order valence-corrected chi connectivity index (χ3v) is 4.09. The molecule has 126 valence electrons. The van der Waals surface area contributed by atoms with E-state index in [0.717, 1.165) is 38.3 Å². The van der Waals surface area contributed by atoms with Crippen LogP contribution in [-0.4, -0.2) is 45.8 Å². The topological polar surface area (TPSA) is 58.4 Å². The molecule has 0 aliphatic carbocycles. The molecule has 0 bridgehead atoms. The van der Waals surface area contributed by atoms with E-state index >= 15 is 0 Å². The highest BCUT2D eigenvalue weighted by atomic mass is 19.4. The molecular formula is C15H15F3N6. The first-order chi connectivity index (χ1) is 11.4. The first-order valence-corrected chi connectivity index (χ1v) is 7.63. The molecule has 1 aliphatic rings. The maximum absolute atomic E-state index is 13.0. The molecule has 0 unspecified atom stereocenters. The molecule has 6 nitrogen and oxygen atoms in total. The fourth-order valence-electron chi connectivity index (χ4n) is 2.94. The van der Waals surface area contributed by atoms with Gasteiger partial charge < -0.3 is 10.2 Å². The molecule has 0 spiro atoms. The fraction of sp³-hybridized carbons (Fsp3) is 0.400. The average Bonchev–Trinajstić information content (AvgIpc) is 2.95. The van der Waals surface area contributed by atoms with Gasteiger partial charge in [-0.15, -0.1) is 0 Å². The Morgan fingerprint density at radius 2 is 1.88 bits per heavy atom. The number of rotatable bonds is 1. The summed E-state index contributed by atoms with van der Waals surface area (Å²) in [7, 11) is 0. The lowest BCUT2D eigenvalue weighted by atomic mass is 10.2. The van der Waals surface area contributed by atoms with Crippen LogP contribution < -0.4 is 10.2 Å². The third-order valence-electron chi connectivity index (χ3n) is 4.09. The number of nitrogens with one attached hydrogen (secondary N) is 1. The lowest BCUT2D eigenvalue weighted by Gasteiger charge is -2.28. The molecular weight excluding hydrogens is 321 g/mol. The summed E-state index contributed by atoms with van der Waals surface area (Å²) in [4.78, 5) is 11.0. The minimum atomic E-state index is -4.41. The number of anilines is 1. The van der Waals surface area contributed by atoms with Gasteiger partial charge >= 0.3 is 6.18 Å². The summed E-state index contributed by atoms with van der Waals surface area (Å²) in [6.07, 6.45) is -4.41. The van der Waals surface area contributed by atoms with Gasteiger partial charge in [0.2, 0.25) is 0 Å². The molecule has 9 heteroatoms. The van der Waals surface area contributed by atoms with E-state index < -0.39 is 11.7 Å². The first-order valence-electron chi connectivity index (χ1n) is 7.63. The van der Waals surface area contributed by atoms with E-state index in [1.54, 1.807) is 6.92 Å². The van der Waals surface area contributed by atoms with Crippen molar-refractivity contribution in [3.63, 3.8) is 0 Å². The van der Waals surface area contributed by atoms with E-state index in [4.69, 9.17) is 0 Å². The fourth-order valence-corrected chi connectivity index (χ4v) is 2.94. The van der Waals surface area contributed by atoms with Crippen molar-refractivity contribution in [2.24, 2.45) is 0 Å². The molecule has 3 aromatic rings. The first kappa shape index (κ1) is 15.1. The number of piperazine rings is 1. The number of fused-ring (bicyclic) bond motifs is 3. The van der Waals surface area contributed by atoms with Crippen LogP contribution in [-0.2, 0) is 6.18 Å². The van der Waals surface area contributed by atoms with Crippen LogP contribution in [0.1, 0.15) is 11.4 Å². The SMILES string of the molecule is Cc1nc2c(N3CCNCC3)nc3ccc(C(F)(F)F)cc3n2n1. The zero-order valence-corrected chi connectivity index (χ0v) is 12.9. The summed E-state index contributed by atoms with van der Waals surface area (Å²) in [5.74, 6) is 1.16. The maximum Gasteiger partial charge on any atom is 0.416 e. The van der Waals surface area contributed by atoms with E-state index in [9.17, 15) is 13.2 Å². The van der Waals surface area contributed by atoms with Crippen molar-refractivity contribution in [3.8, 4) is 0 Å². The molecule has 0 radical (unpaired) electrons. The van der Waals surface area contributed by atoms with E-state index in [0.29, 0.717) is 28.3 Å². The molecule has 1 aromatic carbocycles. The van der Waals surface area contributed by atoms with Crippen molar-refractivity contribution in [3.05, 3.63) is 29.6 Å². The maximum atomic E-state index is 13.0. The van der Waals surface area contributed by atoms with Crippen LogP contribution in [0.15, 0.2) is 18.2 Å². The van der Waals surface area contributed by atoms with Crippen molar-refractivity contribution in [1.29, 1.82) is 0 Å². The highest BCUT2D eigenvalue weighted by molar-refractivity contribution is 5.83. The Balaban J connectivity index is 1.97. The number of hydrogen-bond donors (Lipinski definition) is 1. The molecule has 0 amide bonds. The third kappa shape index (κ3) is 2.44. The number of nitrogens with zero attached hydrogens (tertiary/aromatic N) is 5. The largest absolute Gasteiger partial charge is 0.416 e. The summed E-state index contributed by atoms with van der Waals surface area (Å²) in [6.45, 7) is 4.90. The van der Waals surface area contributed by atoms with Crippen LogP contribution in [0.25, 0.3) is 16.7 Å². The van der Waals surface area contributed by atoms with Crippen molar-refractivity contribution in [1.82, 2.24) is 24.9 Å². The smallest absolute Gasteiger partial charge is 0.351 e. The Labute approximate surface area is 135 Å². The van der Waals surface area contributed by atoms with Crippen LogP contribution in [0, 0.1) is 6.92 Å². The van der Waals surface area contributed by atoms with Gasteiger partial charge in [-0.2, -0.15) is 18.3 Å². The quantitative estimate of drug-likeness (QED) is 0.737. The zero-order chi connectivity index (χ0) is 16.9. The molecule has 1 aliphatic heterocycles. The molecule has 3 heterocycles. The van der Waals surface area contributed by atoms with Gasteiger partial charge in [0.1, 0.15) is 5.82 Å². The van der Waals surface area contributed by atoms with Crippen LogP contribution in [0.4, 0.5) is 19.0 Å². The minimum Gasteiger partial charge on any atom is -0.351 e. The molecule has 0 saturated carbocycles. The number of alkyl halides is 3. The van der Waals surface area contributed by atoms with Crippen LogP contribution in [0.3, 0.4) is 0 Å². The van der Waals surface area contributed by atoms with E-state index in [2.05, 4.69) is 25.3 Å². The van der Waals surface area contributed by atoms with Crippen molar-refractivity contribution >= 4 is 22.5 Å². The lowest BCUT2D eigenvalue weighted by molar-refractivity contribution is -0.137. The summed E-state index contributed by atoms with van der Waals surface area (Å²) < 4.78 is 40.5. The van der Waals surface area contributed by atoms with Gasteiger partial charge in [-0.25, -0.2) is 14.5 Å². The second-order valence-electron chi connectivity index (χ2n) is 5.77. The van der Waals surface area contributed by atoms with E-state index in [1.807, 2.05) is 0 Å². The number of aromatic nitrogens is 4. The summed E-state index contributed by atoms with van der Waals surface area (Å²) >= 11 is 0. The van der Waals surface area contributed by atoms with Crippen molar-refractivity contribution < 1.29 is 13.2 Å². The van der Waals surface area contributed by atoms with Crippen LogP contribution in [0.2, 0.25) is 0 Å². The lowest BCUT2D eigenvalue weighted by Crippen LogP contribution is -2.44. The molecule has 24 heavy (non-hydrogen) atoms. The van der Waals surface area contributed by atoms with Gasteiger partial charge in [-0.3, -0.25) is 0 Å². The Morgan fingerprint density at radius 3 is 2.58 bits per heavy atom. The number of hydrogen-bond acceptors (Lipinski definition) is 5. The van der Waals surface area contributed by atoms with Crippen LogP contribution in [0.5, 0.6) is 0 Å². The molecule has 1 saturated heterocycles. The zero-order valence-electron chi connectivity index (χ0n) is 12.9. The standard InChI is InChI=1S/C15H15F3N6/c1-9-20-14-13(23-6-4-19-5-7-23)21-11-3-2-10(15(16,17)18)8-12(11)24(14)22-9/h2-3,8,19H,4-7H2,1H3. The average molecular weight is 336 g/mol. The Hall–Kier alpha value is -2.42. The van der Waals surface area contributed by atoms with E-state index in [1.165, 1.54) is 10.6 Å². The molecule has 1 N–H and O–H groups in total. The van der Waals surface area contributed by atoms with Gasteiger partial charge in [0.15, 0.2) is 11.5 Å². The van der Waals surface area contributed by atoms with Gasteiger partial charge in [-0.05, 0) is 25.1 Å². The second-order valence-corrected chi connectivity index (χ2v) is 5.77.